The summed E-state index contributed by atoms with van der Waals surface area (Å²) in [6, 6.07) is 1.67. The van der Waals surface area contributed by atoms with E-state index in [-0.39, 0.29) is 0 Å². The molecule has 2 atom stereocenters. The Morgan fingerprint density at radius 3 is 2.32 bits per heavy atom. The highest BCUT2D eigenvalue weighted by atomic mass is 15.2. The SMILES string of the molecule is CC1CCC(CN)CN1C1CCC2(CCCC2)CC1. The normalized spacial score (nSPS) is 36.9. The quantitative estimate of drug-likeness (QED) is 0.826. The maximum absolute atomic E-state index is 5.91. The van der Waals surface area contributed by atoms with E-state index in [1.807, 2.05) is 0 Å². The van der Waals surface area contributed by atoms with Crippen molar-refractivity contribution in [2.75, 3.05) is 13.1 Å². The average molecular weight is 264 g/mol. The highest BCUT2D eigenvalue weighted by Crippen LogP contribution is 2.50. The molecule has 3 rings (SSSR count). The van der Waals surface area contributed by atoms with E-state index in [9.17, 15) is 0 Å². The Hall–Kier alpha value is -0.0800. The standard InChI is InChI=1S/C17H32N2/c1-14-4-5-15(12-18)13-19(14)16-6-10-17(11-7-16)8-2-3-9-17/h14-16H,2-13,18H2,1H3. The third-order valence-corrected chi connectivity index (χ3v) is 6.51. The predicted octanol–water partition coefficient (Wildman–Crippen LogP) is 3.55. The van der Waals surface area contributed by atoms with E-state index in [1.54, 1.807) is 0 Å². The Kier molecular flexibility index (Phi) is 4.19. The predicted molar refractivity (Wildman–Crippen MR) is 81.1 cm³/mol. The van der Waals surface area contributed by atoms with Gasteiger partial charge in [0.05, 0.1) is 0 Å². The van der Waals surface area contributed by atoms with Crippen molar-refractivity contribution in [2.45, 2.75) is 83.2 Å². The maximum Gasteiger partial charge on any atom is 0.00986 e. The molecule has 2 aliphatic carbocycles. The van der Waals surface area contributed by atoms with E-state index in [2.05, 4.69) is 11.8 Å². The van der Waals surface area contributed by atoms with Crippen LogP contribution in [-0.2, 0) is 0 Å². The topological polar surface area (TPSA) is 29.3 Å². The number of hydrogen-bond acceptors (Lipinski definition) is 2. The molecule has 0 radical (unpaired) electrons. The van der Waals surface area contributed by atoms with Crippen molar-refractivity contribution in [1.29, 1.82) is 0 Å². The van der Waals surface area contributed by atoms with Crippen molar-refractivity contribution >= 4 is 0 Å². The molecule has 0 aromatic carbocycles. The van der Waals surface area contributed by atoms with Crippen LogP contribution in [0.25, 0.3) is 0 Å². The van der Waals surface area contributed by atoms with Gasteiger partial charge in [-0.05, 0) is 76.2 Å². The maximum atomic E-state index is 5.91. The summed E-state index contributed by atoms with van der Waals surface area (Å²) in [5.74, 6) is 0.763. The van der Waals surface area contributed by atoms with Crippen LogP contribution in [0.1, 0.15) is 71.1 Å². The van der Waals surface area contributed by atoms with Crippen LogP contribution >= 0.6 is 0 Å². The molecule has 2 saturated carbocycles. The van der Waals surface area contributed by atoms with Crippen LogP contribution in [0, 0.1) is 11.3 Å². The number of nitrogens with zero attached hydrogens (tertiary/aromatic N) is 1. The lowest BCUT2D eigenvalue weighted by molar-refractivity contribution is 0.0285. The molecule has 110 valence electrons. The van der Waals surface area contributed by atoms with Crippen molar-refractivity contribution in [3.63, 3.8) is 0 Å². The molecule has 2 unspecified atom stereocenters. The second-order valence-corrected chi connectivity index (χ2v) is 7.66. The zero-order chi connectivity index (χ0) is 13.3. The molecule has 0 aromatic rings. The summed E-state index contributed by atoms with van der Waals surface area (Å²) in [6.07, 6.45) is 14.7. The van der Waals surface area contributed by atoms with Gasteiger partial charge in [0.15, 0.2) is 0 Å². The van der Waals surface area contributed by atoms with E-state index in [0.717, 1.165) is 30.0 Å². The molecule has 2 heteroatoms. The van der Waals surface area contributed by atoms with Gasteiger partial charge in [-0.3, -0.25) is 4.90 Å². The fourth-order valence-corrected chi connectivity index (χ4v) is 5.09. The molecule has 2 nitrogen and oxygen atoms in total. The van der Waals surface area contributed by atoms with E-state index in [1.165, 1.54) is 70.8 Å². The Morgan fingerprint density at radius 1 is 1.00 bits per heavy atom. The van der Waals surface area contributed by atoms with Crippen LogP contribution in [0.15, 0.2) is 0 Å². The van der Waals surface area contributed by atoms with Gasteiger partial charge >= 0.3 is 0 Å². The number of piperidine rings is 1. The van der Waals surface area contributed by atoms with E-state index < -0.39 is 0 Å². The molecule has 19 heavy (non-hydrogen) atoms. The van der Waals surface area contributed by atoms with Crippen LogP contribution in [0.5, 0.6) is 0 Å². The summed E-state index contributed by atoms with van der Waals surface area (Å²) in [5, 5.41) is 0. The minimum Gasteiger partial charge on any atom is -0.330 e. The first kappa shape index (κ1) is 13.9. The molecule has 1 heterocycles. The van der Waals surface area contributed by atoms with Crippen molar-refractivity contribution < 1.29 is 0 Å². The molecule has 3 fully saturated rings. The minimum atomic E-state index is 0.763. The molecule has 1 saturated heterocycles. The third kappa shape index (κ3) is 2.85. The minimum absolute atomic E-state index is 0.763. The Morgan fingerprint density at radius 2 is 1.68 bits per heavy atom. The third-order valence-electron chi connectivity index (χ3n) is 6.51. The second-order valence-electron chi connectivity index (χ2n) is 7.66. The van der Waals surface area contributed by atoms with E-state index in [4.69, 9.17) is 5.73 Å². The van der Waals surface area contributed by atoms with Crippen molar-refractivity contribution in [3.05, 3.63) is 0 Å². The highest BCUT2D eigenvalue weighted by Gasteiger charge is 2.40. The molecule has 0 bridgehead atoms. The molecule has 1 spiro atoms. The fraction of sp³-hybridized carbons (Fsp3) is 1.00. The lowest BCUT2D eigenvalue weighted by Gasteiger charge is -2.47. The van der Waals surface area contributed by atoms with Crippen LogP contribution in [0.4, 0.5) is 0 Å². The molecule has 1 aliphatic heterocycles. The molecule has 0 aromatic heterocycles. The van der Waals surface area contributed by atoms with E-state index >= 15 is 0 Å². The van der Waals surface area contributed by atoms with Gasteiger partial charge < -0.3 is 5.73 Å². The summed E-state index contributed by atoms with van der Waals surface area (Å²) in [7, 11) is 0. The summed E-state index contributed by atoms with van der Waals surface area (Å²) in [4.78, 5) is 2.82. The van der Waals surface area contributed by atoms with Crippen molar-refractivity contribution in [2.24, 2.45) is 17.1 Å². The van der Waals surface area contributed by atoms with Crippen molar-refractivity contribution in [3.8, 4) is 0 Å². The van der Waals surface area contributed by atoms with E-state index in [0.29, 0.717) is 0 Å². The Bertz CT molecular complexity index is 286. The summed E-state index contributed by atoms with van der Waals surface area (Å²) < 4.78 is 0. The van der Waals surface area contributed by atoms with Gasteiger partial charge in [-0.2, -0.15) is 0 Å². The van der Waals surface area contributed by atoms with Crippen LogP contribution in [0.2, 0.25) is 0 Å². The Balaban J connectivity index is 1.57. The summed E-state index contributed by atoms with van der Waals surface area (Å²) in [5.41, 5.74) is 6.69. The summed E-state index contributed by atoms with van der Waals surface area (Å²) >= 11 is 0. The van der Waals surface area contributed by atoms with Crippen LogP contribution in [0.3, 0.4) is 0 Å². The lowest BCUT2D eigenvalue weighted by atomic mass is 9.70. The summed E-state index contributed by atoms with van der Waals surface area (Å²) in [6.45, 7) is 4.60. The second kappa shape index (κ2) is 5.73. The molecule has 3 aliphatic rings. The number of nitrogens with two attached hydrogens (primary N) is 1. The van der Waals surface area contributed by atoms with Crippen LogP contribution in [-0.4, -0.2) is 30.1 Å². The Labute approximate surface area is 119 Å². The van der Waals surface area contributed by atoms with Gasteiger partial charge in [-0.25, -0.2) is 0 Å². The van der Waals surface area contributed by atoms with Gasteiger partial charge in [-0.15, -0.1) is 0 Å². The van der Waals surface area contributed by atoms with Gasteiger partial charge in [0.25, 0.3) is 0 Å². The van der Waals surface area contributed by atoms with Gasteiger partial charge in [0.2, 0.25) is 0 Å². The lowest BCUT2D eigenvalue weighted by Crippen LogP contribution is -2.50. The fourth-order valence-electron chi connectivity index (χ4n) is 5.09. The first-order valence-corrected chi connectivity index (χ1v) is 8.68. The smallest absolute Gasteiger partial charge is 0.00986 e. The number of hydrogen-bond donors (Lipinski definition) is 1. The zero-order valence-corrected chi connectivity index (χ0v) is 12.7. The zero-order valence-electron chi connectivity index (χ0n) is 12.7. The average Bonchev–Trinajstić information content (AvgIpc) is 2.89. The molecule has 2 N–H and O–H groups in total. The number of rotatable bonds is 2. The van der Waals surface area contributed by atoms with Gasteiger partial charge in [0.1, 0.15) is 0 Å². The largest absolute Gasteiger partial charge is 0.330 e. The molecule has 0 amide bonds. The van der Waals surface area contributed by atoms with Gasteiger partial charge in [-0.1, -0.05) is 12.8 Å². The van der Waals surface area contributed by atoms with Gasteiger partial charge in [0, 0.05) is 18.6 Å². The first-order valence-electron chi connectivity index (χ1n) is 8.68. The molecular weight excluding hydrogens is 232 g/mol. The monoisotopic (exact) mass is 264 g/mol. The molecular formula is C17H32N2. The first-order chi connectivity index (χ1) is 9.22. The number of likely N-dealkylation sites (tertiary alicyclic amines) is 1. The van der Waals surface area contributed by atoms with Crippen LogP contribution < -0.4 is 5.73 Å². The highest BCUT2D eigenvalue weighted by molar-refractivity contribution is 4.94. The van der Waals surface area contributed by atoms with Crippen molar-refractivity contribution in [1.82, 2.24) is 4.90 Å².